The number of hydrogen-bond acceptors (Lipinski definition) is 5. The first-order valence-electron chi connectivity index (χ1n) is 8.65. The number of carbonyl (C=O) groups is 1. The van der Waals surface area contributed by atoms with Gasteiger partial charge < -0.3 is 10.6 Å². The minimum absolute atomic E-state index is 0.0382. The summed E-state index contributed by atoms with van der Waals surface area (Å²) >= 11 is 1.77. The third-order valence-electron chi connectivity index (χ3n) is 5.01. The molecule has 2 aliphatic rings. The van der Waals surface area contributed by atoms with Crippen molar-refractivity contribution >= 4 is 17.2 Å². The van der Waals surface area contributed by atoms with Crippen molar-refractivity contribution in [3.8, 4) is 0 Å². The molecule has 1 aliphatic carbocycles. The number of amides is 1. The lowest BCUT2D eigenvalue weighted by Crippen LogP contribution is -2.33. The van der Waals surface area contributed by atoms with E-state index in [-0.39, 0.29) is 17.7 Å². The molecule has 0 aromatic carbocycles. The molecule has 2 atom stereocenters. The van der Waals surface area contributed by atoms with E-state index in [2.05, 4.69) is 15.7 Å². The summed E-state index contributed by atoms with van der Waals surface area (Å²) in [4.78, 5) is 18.8. The van der Waals surface area contributed by atoms with Gasteiger partial charge in [0, 0.05) is 37.1 Å². The van der Waals surface area contributed by atoms with Crippen LogP contribution in [0.2, 0.25) is 0 Å². The molecule has 6 nitrogen and oxygen atoms in total. The molecule has 0 unspecified atom stereocenters. The fourth-order valence-electron chi connectivity index (χ4n) is 3.71. The lowest BCUT2D eigenvalue weighted by atomic mass is 9.90. The molecule has 2 aromatic heterocycles. The van der Waals surface area contributed by atoms with Crippen LogP contribution in [-0.4, -0.2) is 33.8 Å². The van der Waals surface area contributed by atoms with Crippen molar-refractivity contribution in [2.24, 2.45) is 13.0 Å². The number of nitrogens with zero attached hydrogens (tertiary/aromatic N) is 3. The number of thiazole rings is 1. The van der Waals surface area contributed by atoms with Crippen LogP contribution in [0.1, 0.15) is 39.9 Å². The molecule has 2 aromatic rings. The maximum atomic E-state index is 12.7. The maximum absolute atomic E-state index is 12.7. The second-order valence-corrected chi connectivity index (χ2v) is 7.89. The van der Waals surface area contributed by atoms with Crippen LogP contribution in [0.4, 0.5) is 0 Å². The Morgan fingerprint density at radius 2 is 2.29 bits per heavy atom. The molecule has 0 saturated carbocycles. The zero-order valence-corrected chi connectivity index (χ0v) is 14.7. The van der Waals surface area contributed by atoms with Crippen LogP contribution in [0.3, 0.4) is 0 Å². The highest BCUT2D eigenvalue weighted by Crippen LogP contribution is 2.29. The van der Waals surface area contributed by atoms with Gasteiger partial charge in [-0.2, -0.15) is 5.10 Å². The zero-order valence-electron chi connectivity index (χ0n) is 13.9. The molecule has 3 heterocycles. The number of rotatable bonds is 4. The normalized spacial score (nSPS) is 23.2. The fourth-order valence-corrected chi connectivity index (χ4v) is 4.81. The molecule has 128 valence electrons. The highest BCUT2D eigenvalue weighted by molar-refractivity contribution is 7.11. The van der Waals surface area contributed by atoms with E-state index in [4.69, 9.17) is 4.98 Å². The first-order valence-corrected chi connectivity index (χ1v) is 9.47. The van der Waals surface area contributed by atoms with Gasteiger partial charge in [0.15, 0.2) is 0 Å². The molecular formula is C17H23N5OS. The number of aryl methyl sites for hydroxylation is 3. The van der Waals surface area contributed by atoms with Crippen molar-refractivity contribution in [1.29, 1.82) is 0 Å². The summed E-state index contributed by atoms with van der Waals surface area (Å²) in [5.41, 5.74) is 2.39. The number of aromatic nitrogens is 3. The number of nitrogens with one attached hydrogen (secondary N) is 2. The Balaban J connectivity index is 1.39. The average Bonchev–Trinajstić information content (AvgIpc) is 3.30. The average molecular weight is 345 g/mol. The second-order valence-electron chi connectivity index (χ2n) is 6.72. The number of fused-ring (bicyclic) bond motifs is 1. The molecule has 7 heteroatoms. The van der Waals surface area contributed by atoms with Crippen LogP contribution >= 0.6 is 11.3 Å². The Bertz CT molecular complexity index is 714. The van der Waals surface area contributed by atoms with Crippen LogP contribution in [0.15, 0.2) is 12.4 Å². The molecule has 0 spiro atoms. The lowest BCUT2D eigenvalue weighted by Gasteiger charge is -2.16. The number of hydrogen-bond donors (Lipinski definition) is 2. The minimum atomic E-state index is -0.0382. The SMILES string of the molecule is Cn1cc([C@H]2CNC[C@@H]2C(=O)NCc2nc3c(s2)CCCC3)cn1. The summed E-state index contributed by atoms with van der Waals surface area (Å²) in [6.07, 6.45) is 8.62. The summed E-state index contributed by atoms with van der Waals surface area (Å²) in [7, 11) is 1.91. The van der Waals surface area contributed by atoms with Gasteiger partial charge in [-0.05, 0) is 31.2 Å². The van der Waals surface area contributed by atoms with E-state index in [0.717, 1.165) is 36.5 Å². The predicted octanol–water partition coefficient (Wildman–Crippen LogP) is 1.37. The predicted molar refractivity (Wildman–Crippen MR) is 92.9 cm³/mol. The van der Waals surface area contributed by atoms with E-state index in [0.29, 0.717) is 6.54 Å². The van der Waals surface area contributed by atoms with Gasteiger partial charge in [0.2, 0.25) is 5.91 Å². The van der Waals surface area contributed by atoms with Crippen molar-refractivity contribution in [1.82, 2.24) is 25.4 Å². The molecule has 1 fully saturated rings. The van der Waals surface area contributed by atoms with Gasteiger partial charge in [-0.25, -0.2) is 4.98 Å². The van der Waals surface area contributed by atoms with E-state index < -0.39 is 0 Å². The summed E-state index contributed by atoms with van der Waals surface area (Å²) < 4.78 is 1.79. The molecule has 1 aliphatic heterocycles. The van der Waals surface area contributed by atoms with Crippen LogP contribution < -0.4 is 10.6 Å². The first-order chi connectivity index (χ1) is 11.7. The molecule has 1 amide bonds. The van der Waals surface area contributed by atoms with E-state index in [9.17, 15) is 4.79 Å². The van der Waals surface area contributed by atoms with E-state index >= 15 is 0 Å². The van der Waals surface area contributed by atoms with Crippen molar-refractivity contribution in [3.05, 3.63) is 33.5 Å². The monoisotopic (exact) mass is 345 g/mol. The second kappa shape index (κ2) is 6.64. The Morgan fingerprint density at radius 3 is 3.08 bits per heavy atom. The molecule has 0 bridgehead atoms. The van der Waals surface area contributed by atoms with Gasteiger partial charge >= 0.3 is 0 Å². The van der Waals surface area contributed by atoms with Crippen LogP contribution in [-0.2, 0) is 31.2 Å². The van der Waals surface area contributed by atoms with Crippen LogP contribution in [0.5, 0.6) is 0 Å². The highest BCUT2D eigenvalue weighted by Gasteiger charge is 2.34. The topological polar surface area (TPSA) is 71.8 Å². The summed E-state index contributed by atoms with van der Waals surface area (Å²) in [5, 5.41) is 11.7. The van der Waals surface area contributed by atoms with Crippen molar-refractivity contribution in [2.45, 2.75) is 38.1 Å². The van der Waals surface area contributed by atoms with Crippen molar-refractivity contribution in [3.63, 3.8) is 0 Å². The van der Waals surface area contributed by atoms with Gasteiger partial charge in [-0.1, -0.05) is 0 Å². The maximum Gasteiger partial charge on any atom is 0.225 e. The smallest absolute Gasteiger partial charge is 0.225 e. The Kier molecular flexibility index (Phi) is 4.37. The third kappa shape index (κ3) is 3.10. The van der Waals surface area contributed by atoms with E-state index in [1.165, 1.54) is 23.4 Å². The quantitative estimate of drug-likeness (QED) is 0.878. The Hall–Kier alpha value is -1.73. The largest absolute Gasteiger partial charge is 0.349 e. The number of carbonyl (C=O) groups excluding carboxylic acids is 1. The van der Waals surface area contributed by atoms with Gasteiger partial charge in [0.05, 0.1) is 24.4 Å². The van der Waals surface area contributed by atoms with Crippen molar-refractivity contribution in [2.75, 3.05) is 13.1 Å². The third-order valence-corrected chi connectivity index (χ3v) is 6.17. The highest BCUT2D eigenvalue weighted by atomic mass is 32.1. The molecule has 4 rings (SSSR count). The Morgan fingerprint density at radius 1 is 1.42 bits per heavy atom. The molecule has 1 saturated heterocycles. The van der Waals surface area contributed by atoms with Gasteiger partial charge in [0.1, 0.15) is 5.01 Å². The zero-order chi connectivity index (χ0) is 16.5. The Labute approximate surface area is 145 Å². The van der Waals surface area contributed by atoms with Crippen LogP contribution in [0, 0.1) is 5.92 Å². The lowest BCUT2D eigenvalue weighted by molar-refractivity contribution is -0.125. The van der Waals surface area contributed by atoms with Crippen LogP contribution in [0.25, 0.3) is 0 Å². The molecule has 24 heavy (non-hydrogen) atoms. The van der Waals surface area contributed by atoms with Gasteiger partial charge in [-0.3, -0.25) is 9.48 Å². The van der Waals surface area contributed by atoms with Crippen molar-refractivity contribution < 1.29 is 4.79 Å². The van der Waals surface area contributed by atoms with Gasteiger partial charge in [0.25, 0.3) is 0 Å². The van der Waals surface area contributed by atoms with E-state index in [1.807, 2.05) is 19.4 Å². The molecular weight excluding hydrogens is 322 g/mol. The molecule has 0 radical (unpaired) electrons. The summed E-state index contributed by atoms with van der Waals surface area (Å²) in [5.74, 6) is 0.272. The standard InChI is InChI=1S/C17H23N5OS/c1-22-10-11(6-20-22)12-7-18-8-13(12)17(23)19-9-16-21-14-4-2-3-5-15(14)24-16/h6,10,12-13,18H,2-5,7-9H2,1H3,(H,19,23)/t12-,13+/m1/s1. The van der Waals surface area contributed by atoms with E-state index in [1.54, 1.807) is 16.0 Å². The first kappa shape index (κ1) is 15.8. The summed E-state index contributed by atoms with van der Waals surface area (Å²) in [6.45, 7) is 2.10. The molecule has 2 N–H and O–H groups in total. The summed E-state index contributed by atoms with van der Waals surface area (Å²) in [6, 6.07) is 0. The minimum Gasteiger partial charge on any atom is -0.349 e. The van der Waals surface area contributed by atoms with Gasteiger partial charge in [-0.15, -0.1) is 11.3 Å². The fraction of sp³-hybridized carbons (Fsp3) is 0.588.